The van der Waals surface area contributed by atoms with Crippen molar-refractivity contribution in [3.05, 3.63) is 52.3 Å². The van der Waals surface area contributed by atoms with E-state index in [4.69, 9.17) is 0 Å². The molecule has 0 bridgehead atoms. The van der Waals surface area contributed by atoms with Crippen LogP contribution in [0.1, 0.15) is 19.2 Å². The molecule has 0 N–H and O–H groups in total. The second-order valence-corrected chi connectivity index (χ2v) is 3.83. The summed E-state index contributed by atoms with van der Waals surface area (Å²) >= 11 is 0. The number of aromatic nitrogens is 2. The third-order valence-corrected chi connectivity index (χ3v) is 2.60. The first-order valence-electron chi connectivity index (χ1n) is 5.60. The number of imidazole rings is 1. The predicted molar refractivity (Wildman–Crippen MR) is 64.2 cm³/mol. The van der Waals surface area contributed by atoms with E-state index in [1.54, 1.807) is 17.0 Å². The highest BCUT2D eigenvalue weighted by atomic mass is 19.1. The zero-order chi connectivity index (χ0) is 13.1. The Morgan fingerprint density at radius 2 is 2.28 bits per heavy atom. The van der Waals surface area contributed by atoms with Crippen molar-refractivity contribution in [2.75, 3.05) is 0 Å². The maximum Gasteiger partial charge on any atom is 0.328 e. The molecule has 6 heteroatoms. The Morgan fingerprint density at radius 3 is 2.94 bits per heavy atom. The summed E-state index contributed by atoms with van der Waals surface area (Å²) < 4.78 is 15.1. The quantitative estimate of drug-likeness (QED) is 0.618. The summed E-state index contributed by atoms with van der Waals surface area (Å²) in [6.07, 6.45) is 4.70. The van der Waals surface area contributed by atoms with Crippen molar-refractivity contribution in [1.82, 2.24) is 9.55 Å². The number of benzene rings is 1. The summed E-state index contributed by atoms with van der Waals surface area (Å²) in [4.78, 5) is 14.4. The van der Waals surface area contributed by atoms with Gasteiger partial charge in [-0.05, 0) is 18.6 Å². The van der Waals surface area contributed by atoms with Crippen molar-refractivity contribution in [1.29, 1.82) is 0 Å². The number of para-hydroxylation sites is 1. The minimum absolute atomic E-state index is 0.209. The Balaban J connectivity index is 2.60. The lowest BCUT2D eigenvalue weighted by atomic mass is 10.2. The molecule has 0 aliphatic carbocycles. The fraction of sp³-hybridized carbons (Fsp3) is 0.250. The average molecular weight is 249 g/mol. The highest BCUT2D eigenvalue weighted by Crippen LogP contribution is 2.27. The van der Waals surface area contributed by atoms with E-state index in [1.165, 1.54) is 12.1 Å². The van der Waals surface area contributed by atoms with E-state index in [-0.39, 0.29) is 5.69 Å². The molecule has 1 heterocycles. The third-order valence-electron chi connectivity index (χ3n) is 2.60. The average Bonchev–Trinajstić information content (AvgIpc) is 2.76. The predicted octanol–water partition coefficient (Wildman–Crippen LogP) is 2.87. The molecule has 0 spiro atoms. The largest absolute Gasteiger partial charge is 0.328 e. The van der Waals surface area contributed by atoms with E-state index in [0.29, 0.717) is 12.2 Å². The summed E-state index contributed by atoms with van der Waals surface area (Å²) in [6.45, 7) is 1.99. The second kappa shape index (κ2) is 4.95. The number of halogens is 1. The molecule has 0 unspecified atom stereocenters. The number of aryl methyl sites for hydroxylation is 1. The standard InChI is InChI=1S/C12H12FN3O2/c1-2-4-11-14-7-8-15(11)10-6-3-5-9(13)12(10)16(17)18/h3,5-8H,2,4H2,1H3. The van der Waals surface area contributed by atoms with Crippen LogP contribution in [0.4, 0.5) is 10.1 Å². The Labute approximate surface area is 103 Å². The van der Waals surface area contributed by atoms with Gasteiger partial charge in [0.1, 0.15) is 11.5 Å². The Kier molecular flexibility index (Phi) is 3.36. The van der Waals surface area contributed by atoms with Crippen molar-refractivity contribution >= 4 is 5.69 Å². The van der Waals surface area contributed by atoms with Crippen LogP contribution in [0.25, 0.3) is 5.69 Å². The molecule has 0 aliphatic heterocycles. The van der Waals surface area contributed by atoms with Crippen LogP contribution < -0.4 is 0 Å². The van der Waals surface area contributed by atoms with Gasteiger partial charge in [-0.25, -0.2) is 4.98 Å². The first-order chi connectivity index (χ1) is 8.65. The van der Waals surface area contributed by atoms with Crippen LogP contribution in [0.3, 0.4) is 0 Å². The lowest BCUT2D eigenvalue weighted by Crippen LogP contribution is -2.05. The smallest absolute Gasteiger partial charge is 0.297 e. The van der Waals surface area contributed by atoms with E-state index < -0.39 is 16.4 Å². The van der Waals surface area contributed by atoms with Gasteiger partial charge in [0.15, 0.2) is 0 Å². The Morgan fingerprint density at radius 1 is 1.50 bits per heavy atom. The number of nitro benzene ring substituents is 1. The van der Waals surface area contributed by atoms with Crippen LogP contribution in [-0.4, -0.2) is 14.5 Å². The summed E-state index contributed by atoms with van der Waals surface area (Å²) in [6, 6.07) is 4.05. The fourth-order valence-electron chi connectivity index (χ4n) is 1.84. The molecular formula is C12H12FN3O2. The Hall–Kier alpha value is -2.24. The summed E-state index contributed by atoms with van der Waals surface area (Å²) in [5, 5.41) is 10.9. The van der Waals surface area contributed by atoms with Crippen molar-refractivity contribution in [2.45, 2.75) is 19.8 Å². The van der Waals surface area contributed by atoms with E-state index in [1.807, 2.05) is 6.92 Å². The molecule has 2 rings (SSSR count). The number of nitro groups is 1. The van der Waals surface area contributed by atoms with Crippen molar-refractivity contribution < 1.29 is 9.31 Å². The summed E-state index contributed by atoms with van der Waals surface area (Å²) in [5.41, 5.74) is -0.311. The maximum atomic E-state index is 13.5. The van der Waals surface area contributed by atoms with Gasteiger partial charge < -0.3 is 0 Å². The molecular weight excluding hydrogens is 237 g/mol. The van der Waals surface area contributed by atoms with Gasteiger partial charge in [-0.2, -0.15) is 4.39 Å². The first-order valence-corrected chi connectivity index (χ1v) is 5.60. The molecule has 18 heavy (non-hydrogen) atoms. The van der Waals surface area contributed by atoms with E-state index in [2.05, 4.69) is 4.98 Å². The molecule has 0 saturated heterocycles. The topological polar surface area (TPSA) is 61.0 Å². The summed E-state index contributed by atoms with van der Waals surface area (Å²) in [7, 11) is 0. The molecule has 1 aromatic carbocycles. The van der Waals surface area contributed by atoms with E-state index in [9.17, 15) is 14.5 Å². The highest BCUT2D eigenvalue weighted by molar-refractivity contribution is 5.53. The number of hydrogen-bond donors (Lipinski definition) is 0. The van der Waals surface area contributed by atoms with Crippen LogP contribution in [0.2, 0.25) is 0 Å². The molecule has 1 aromatic heterocycles. The minimum Gasteiger partial charge on any atom is -0.297 e. The van der Waals surface area contributed by atoms with Crippen LogP contribution in [-0.2, 0) is 6.42 Å². The van der Waals surface area contributed by atoms with Crippen LogP contribution in [0.5, 0.6) is 0 Å². The van der Waals surface area contributed by atoms with Gasteiger partial charge in [0.25, 0.3) is 0 Å². The van der Waals surface area contributed by atoms with Crippen LogP contribution in [0.15, 0.2) is 30.6 Å². The van der Waals surface area contributed by atoms with Gasteiger partial charge in [0, 0.05) is 18.8 Å². The first kappa shape index (κ1) is 12.2. The van der Waals surface area contributed by atoms with Crippen molar-refractivity contribution in [3.63, 3.8) is 0 Å². The minimum atomic E-state index is -0.839. The maximum absolute atomic E-state index is 13.5. The molecule has 0 fully saturated rings. The van der Waals surface area contributed by atoms with Gasteiger partial charge >= 0.3 is 5.69 Å². The van der Waals surface area contributed by atoms with Crippen molar-refractivity contribution in [2.24, 2.45) is 0 Å². The summed E-state index contributed by atoms with van der Waals surface area (Å²) in [5.74, 6) is -0.153. The van der Waals surface area contributed by atoms with Gasteiger partial charge in [-0.15, -0.1) is 0 Å². The molecule has 94 valence electrons. The molecule has 0 atom stereocenters. The zero-order valence-corrected chi connectivity index (χ0v) is 9.84. The normalized spacial score (nSPS) is 10.6. The number of rotatable bonds is 4. The number of hydrogen-bond acceptors (Lipinski definition) is 3. The number of nitrogens with zero attached hydrogens (tertiary/aromatic N) is 3. The van der Waals surface area contributed by atoms with Crippen molar-refractivity contribution in [3.8, 4) is 5.69 Å². The lowest BCUT2D eigenvalue weighted by molar-refractivity contribution is -0.387. The van der Waals surface area contributed by atoms with E-state index >= 15 is 0 Å². The zero-order valence-electron chi connectivity index (χ0n) is 9.84. The second-order valence-electron chi connectivity index (χ2n) is 3.83. The Bertz CT molecular complexity index is 580. The van der Waals surface area contributed by atoms with Crippen LogP contribution in [0, 0.1) is 15.9 Å². The SMILES string of the molecule is CCCc1nccn1-c1cccc(F)c1[N+](=O)[O-]. The lowest BCUT2D eigenvalue weighted by Gasteiger charge is -2.08. The molecule has 0 amide bonds. The molecule has 5 nitrogen and oxygen atoms in total. The van der Waals surface area contributed by atoms with Gasteiger partial charge in [0.2, 0.25) is 5.82 Å². The molecule has 0 radical (unpaired) electrons. The fourth-order valence-corrected chi connectivity index (χ4v) is 1.84. The monoisotopic (exact) mass is 249 g/mol. The highest BCUT2D eigenvalue weighted by Gasteiger charge is 2.22. The van der Waals surface area contributed by atoms with Gasteiger partial charge in [-0.3, -0.25) is 14.7 Å². The third kappa shape index (κ3) is 2.09. The van der Waals surface area contributed by atoms with Crippen LogP contribution >= 0.6 is 0 Å². The van der Waals surface area contributed by atoms with Gasteiger partial charge in [0.05, 0.1) is 4.92 Å². The molecule has 0 aliphatic rings. The molecule has 0 saturated carbocycles. The molecule has 2 aromatic rings. The van der Waals surface area contributed by atoms with E-state index in [0.717, 1.165) is 12.5 Å². The van der Waals surface area contributed by atoms with Gasteiger partial charge in [-0.1, -0.05) is 13.0 Å².